The Labute approximate surface area is 292 Å². The molecule has 0 saturated carbocycles. The van der Waals surface area contributed by atoms with Crippen molar-refractivity contribution >= 4 is 43.7 Å². The lowest BCUT2D eigenvalue weighted by Crippen LogP contribution is -2.09. The summed E-state index contributed by atoms with van der Waals surface area (Å²) in [5, 5.41) is 4.67. The fourth-order valence-corrected chi connectivity index (χ4v) is 7.57. The van der Waals surface area contributed by atoms with Crippen molar-refractivity contribution in [2.24, 2.45) is 0 Å². The zero-order valence-electron chi connectivity index (χ0n) is 28.8. The van der Waals surface area contributed by atoms with Gasteiger partial charge in [0.1, 0.15) is 17.0 Å². The number of hydrogen-bond donors (Lipinski definition) is 0. The molecule has 0 amide bonds. The topological polar surface area (TPSA) is 31.0 Å². The van der Waals surface area contributed by atoms with Gasteiger partial charge in [0, 0.05) is 10.8 Å². The van der Waals surface area contributed by atoms with Crippen LogP contribution < -0.4 is 0 Å². The van der Waals surface area contributed by atoms with Crippen LogP contribution in [-0.4, -0.2) is 9.55 Å². The highest BCUT2D eigenvalue weighted by Gasteiger charge is 2.25. The first kappa shape index (κ1) is 30.2. The second kappa shape index (κ2) is 11.9. The van der Waals surface area contributed by atoms with Gasteiger partial charge in [-0.2, -0.15) is 0 Å². The molecule has 0 spiro atoms. The Hall–Kier alpha value is -5.93. The van der Waals surface area contributed by atoms with E-state index in [1.54, 1.807) is 0 Å². The Kier molecular flexibility index (Phi) is 7.17. The largest absolute Gasteiger partial charge is 0.455 e. The molecule has 0 aliphatic heterocycles. The SMILES string of the molecule is CC(C)c1cc(-c2ccccc2)cc(C(C)C)c1-n1c(-c2cccc3c2oc2cc(-c4ccc5ccccc5c4)ccc23)nc2ccccc21. The highest BCUT2D eigenvalue weighted by Crippen LogP contribution is 2.43. The molecule has 9 rings (SSSR count). The zero-order valence-corrected chi connectivity index (χ0v) is 28.8. The van der Waals surface area contributed by atoms with Crippen LogP contribution in [-0.2, 0) is 0 Å². The molecule has 0 aliphatic carbocycles. The van der Waals surface area contributed by atoms with Gasteiger partial charge in [0.15, 0.2) is 0 Å². The number of furan rings is 1. The van der Waals surface area contributed by atoms with Crippen LogP contribution in [0.5, 0.6) is 0 Å². The minimum atomic E-state index is 0.288. The summed E-state index contributed by atoms with van der Waals surface area (Å²) in [6.07, 6.45) is 0. The molecule has 3 heteroatoms. The summed E-state index contributed by atoms with van der Waals surface area (Å²) < 4.78 is 9.25. The molecule has 0 unspecified atom stereocenters. The van der Waals surface area contributed by atoms with E-state index in [0.717, 1.165) is 49.9 Å². The van der Waals surface area contributed by atoms with Crippen LogP contribution in [0.3, 0.4) is 0 Å². The molecular formula is C47H38N2O. The van der Waals surface area contributed by atoms with Crippen LogP contribution in [0.1, 0.15) is 50.7 Å². The molecule has 50 heavy (non-hydrogen) atoms. The highest BCUT2D eigenvalue weighted by atomic mass is 16.3. The van der Waals surface area contributed by atoms with Gasteiger partial charge < -0.3 is 4.42 Å². The van der Waals surface area contributed by atoms with Crippen molar-refractivity contribution < 1.29 is 4.42 Å². The minimum absolute atomic E-state index is 0.288. The van der Waals surface area contributed by atoms with Gasteiger partial charge in [-0.05, 0) is 105 Å². The van der Waals surface area contributed by atoms with Gasteiger partial charge in [0.05, 0.1) is 22.3 Å². The third-order valence-electron chi connectivity index (χ3n) is 10.1. The molecule has 7 aromatic carbocycles. The van der Waals surface area contributed by atoms with Gasteiger partial charge in [0.2, 0.25) is 0 Å². The Morgan fingerprint density at radius 3 is 1.98 bits per heavy atom. The van der Waals surface area contributed by atoms with Crippen molar-refractivity contribution in [3.05, 3.63) is 157 Å². The molecule has 2 aromatic heterocycles. The molecule has 0 saturated heterocycles. The minimum Gasteiger partial charge on any atom is -0.455 e. The van der Waals surface area contributed by atoms with E-state index in [-0.39, 0.29) is 11.8 Å². The summed E-state index contributed by atoms with van der Waals surface area (Å²) in [6, 6.07) is 52.2. The van der Waals surface area contributed by atoms with E-state index >= 15 is 0 Å². The van der Waals surface area contributed by atoms with Crippen molar-refractivity contribution in [2.75, 3.05) is 0 Å². The number of aromatic nitrogens is 2. The number of benzene rings is 7. The molecule has 0 bridgehead atoms. The van der Waals surface area contributed by atoms with E-state index in [1.807, 2.05) is 0 Å². The summed E-state index contributed by atoms with van der Waals surface area (Å²) in [7, 11) is 0. The van der Waals surface area contributed by atoms with Crippen molar-refractivity contribution in [3.63, 3.8) is 0 Å². The van der Waals surface area contributed by atoms with Crippen molar-refractivity contribution in [1.82, 2.24) is 9.55 Å². The molecule has 2 heterocycles. The normalized spacial score (nSPS) is 12.0. The quantitative estimate of drug-likeness (QED) is 0.180. The molecule has 0 radical (unpaired) electrons. The average Bonchev–Trinajstić information content (AvgIpc) is 3.72. The van der Waals surface area contributed by atoms with Gasteiger partial charge in [-0.1, -0.05) is 125 Å². The number of imidazole rings is 1. The van der Waals surface area contributed by atoms with Crippen molar-refractivity contribution in [3.8, 4) is 39.3 Å². The lowest BCUT2D eigenvalue weighted by atomic mass is 9.88. The summed E-state index contributed by atoms with van der Waals surface area (Å²) in [5.74, 6) is 1.47. The molecule has 0 aliphatic rings. The van der Waals surface area contributed by atoms with Crippen LogP contribution in [0, 0.1) is 0 Å². The molecule has 0 atom stereocenters. The Morgan fingerprint density at radius 2 is 1.20 bits per heavy atom. The van der Waals surface area contributed by atoms with Crippen molar-refractivity contribution in [2.45, 2.75) is 39.5 Å². The second-order valence-corrected chi connectivity index (χ2v) is 14.0. The van der Waals surface area contributed by atoms with Gasteiger partial charge in [-0.3, -0.25) is 4.57 Å². The maximum atomic E-state index is 6.85. The first-order valence-corrected chi connectivity index (χ1v) is 17.6. The highest BCUT2D eigenvalue weighted by molar-refractivity contribution is 6.10. The maximum absolute atomic E-state index is 6.85. The fraction of sp³-hybridized carbons (Fsp3) is 0.128. The van der Waals surface area contributed by atoms with Crippen molar-refractivity contribution in [1.29, 1.82) is 0 Å². The van der Waals surface area contributed by atoms with E-state index in [9.17, 15) is 0 Å². The van der Waals surface area contributed by atoms with E-state index in [1.165, 1.54) is 44.3 Å². The van der Waals surface area contributed by atoms with Gasteiger partial charge in [-0.25, -0.2) is 4.98 Å². The van der Waals surface area contributed by atoms with E-state index < -0.39 is 0 Å². The van der Waals surface area contributed by atoms with Crippen LogP contribution in [0.25, 0.3) is 83.1 Å². The predicted molar refractivity (Wildman–Crippen MR) is 210 cm³/mol. The van der Waals surface area contributed by atoms with Gasteiger partial charge in [-0.15, -0.1) is 0 Å². The first-order chi connectivity index (χ1) is 24.4. The Bertz CT molecular complexity index is 2680. The Morgan fingerprint density at radius 1 is 0.520 bits per heavy atom. The molecule has 3 nitrogen and oxygen atoms in total. The standard InChI is InChI=1S/C47H38N2O/c1-29(2)40-26-36(31-13-6-5-7-14-31)27-41(30(3)4)45(40)49-43-20-11-10-19-42(43)48-47(49)39-18-12-17-38-37-24-23-35(28-44(37)50-46(38)39)34-22-21-32-15-8-9-16-33(32)25-34/h5-30H,1-4H3. The van der Waals surface area contributed by atoms with Crippen LogP contribution in [0.15, 0.2) is 150 Å². The fourth-order valence-electron chi connectivity index (χ4n) is 7.57. The van der Waals surface area contributed by atoms with E-state index in [4.69, 9.17) is 9.40 Å². The van der Waals surface area contributed by atoms with Crippen LogP contribution >= 0.6 is 0 Å². The van der Waals surface area contributed by atoms with Crippen LogP contribution in [0.4, 0.5) is 0 Å². The third kappa shape index (κ3) is 4.92. The smallest absolute Gasteiger partial charge is 0.149 e. The summed E-state index contributed by atoms with van der Waals surface area (Å²) >= 11 is 0. The van der Waals surface area contributed by atoms with Gasteiger partial charge >= 0.3 is 0 Å². The lowest BCUT2D eigenvalue weighted by molar-refractivity contribution is 0.669. The Balaban J connectivity index is 1.28. The van der Waals surface area contributed by atoms with Gasteiger partial charge in [0.25, 0.3) is 0 Å². The molecule has 0 N–H and O–H groups in total. The first-order valence-electron chi connectivity index (χ1n) is 17.6. The second-order valence-electron chi connectivity index (χ2n) is 14.0. The number of hydrogen-bond acceptors (Lipinski definition) is 2. The summed E-state index contributed by atoms with van der Waals surface area (Å²) in [4.78, 5) is 5.36. The zero-order chi connectivity index (χ0) is 33.9. The number of rotatable bonds is 6. The molecule has 0 fully saturated rings. The number of nitrogens with zero attached hydrogens (tertiary/aromatic N) is 2. The molecule has 242 valence electrons. The summed E-state index contributed by atoms with van der Waals surface area (Å²) in [5.41, 5.74) is 13.4. The van der Waals surface area contributed by atoms with E-state index in [2.05, 4.69) is 178 Å². The molecule has 9 aromatic rings. The number of fused-ring (bicyclic) bond motifs is 5. The third-order valence-corrected chi connectivity index (χ3v) is 10.1. The molecular weight excluding hydrogens is 609 g/mol. The monoisotopic (exact) mass is 646 g/mol. The predicted octanol–water partition coefficient (Wildman–Crippen LogP) is 13.3. The summed E-state index contributed by atoms with van der Waals surface area (Å²) in [6.45, 7) is 9.18. The van der Waals surface area contributed by atoms with Crippen LogP contribution in [0.2, 0.25) is 0 Å². The van der Waals surface area contributed by atoms with E-state index in [0.29, 0.717) is 0 Å². The number of para-hydroxylation sites is 3. The maximum Gasteiger partial charge on any atom is 0.149 e. The lowest BCUT2D eigenvalue weighted by Gasteiger charge is -2.24. The average molecular weight is 647 g/mol.